The number of aryl methyl sites for hydroxylation is 3. The summed E-state index contributed by atoms with van der Waals surface area (Å²) in [6.45, 7) is 6.12. The minimum atomic E-state index is -0.418. The van der Waals surface area contributed by atoms with E-state index in [1.807, 2.05) is 13.8 Å². The second-order valence-electron chi connectivity index (χ2n) is 4.37. The van der Waals surface area contributed by atoms with E-state index < -0.39 is 11.6 Å². The third-order valence-corrected chi connectivity index (χ3v) is 3.87. The lowest BCUT2D eigenvalue weighted by Gasteiger charge is -2.08. The highest BCUT2D eigenvalue weighted by molar-refractivity contribution is 7.12. The predicted octanol–water partition coefficient (Wildman–Crippen LogP) is 4.56. The van der Waals surface area contributed by atoms with Gasteiger partial charge in [0.05, 0.1) is 5.69 Å². The minimum Gasteiger partial charge on any atom is -0.378 e. The second-order valence-corrected chi connectivity index (χ2v) is 5.83. The molecule has 0 bridgehead atoms. The van der Waals surface area contributed by atoms with Crippen LogP contribution in [0.3, 0.4) is 0 Å². The van der Waals surface area contributed by atoms with Gasteiger partial charge in [-0.1, -0.05) is 0 Å². The molecule has 18 heavy (non-hydrogen) atoms. The Kier molecular flexibility index (Phi) is 3.66. The highest BCUT2D eigenvalue weighted by Gasteiger charge is 2.08. The van der Waals surface area contributed by atoms with Crippen molar-refractivity contribution in [2.24, 2.45) is 0 Å². The lowest BCUT2D eigenvalue weighted by atomic mass is 10.2. The first kappa shape index (κ1) is 13.0. The number of hydrogen-bond donors (Lipinski definition) is 1. The first-order valence-corrected chi connectivity index (χ1v) is 6.54. The lowest BCUT2D eigenvalue weighted by molar-refractivity contribution is 0.594. The average molecular weight is 267 g/mol. The maximum absolute atomic E-state index is 13.6. The van der Waals surface area contributed by atoms with Gasteiger partial charge in [-0.3, -0.25) is 0 Å². The van der Waals surface area contributed by atoms with Crippen molar-refractivity contribution in [3.05, 3.63) is 50.7 Å². The number of benzene rings is 1. The van der Waals surface area contributed by atoms with E-state index >= 15 is 0 Å². The molecule has 0 amide bonds. The highest BCUT2D eigenvalue weighted by Crippen LogP contribution is 2.23. The summed E-state index contributed by atoms with van der Waals surface area (Å²) in [5.74, 6) is -0.810. The molecule has 1 aromatic heterocycles. The van der Waals surface area contributed by atoms with Crippen LogP contribution in [0.1, 0.15) is 20.9 Å². The molecule has 1 aromatic carbocycles. The van der Waals surface area contributed by atoms with Gasteiger partial charge in [-0.2, -0.15) is 0 Å². The van der Waals surface area contributed by atoms with Crippen molar-refractivity contribution in [1.82, 2.24) is 0 Å². The Morgan fingerprint density at radius 3 is 2.39 bits per heavy atom. The number of hydrogen-bond acceptors (Lipinski definition) is 2. The van der Waals surface area contributed by atoms with Gasteiger partial charge in [-0.15, -0.1) is 11.3 Å². The number of thiophene rings is 1. The van der Waals surface area contributed by atoms with Crippen LogP contribution < -0.4 is 5.32 Å². The van der Waals surface area contributed by atoms with Gasteiger partial charge in [-0.05, 0) is 44.0 Å². The Labute approximate surface area is 109 Å². The van der Waals surface area contributed by atoms with Gasteiger partial charge in [0.25, 0.3) is 0 Å². The molecule has 0 aliphatic rings. The molecule has 1 nitrogen and oxygen atoms in total. The smallest absolute Gasteiger partial charge is 0.146 e. The zero-order valence-corrected chi connectivity index (χ0v) is 11.4. The minimum absolute atomic E-state index is 0.210. The van der Waals surface area contributed by atoms with Gasteiger partial charge >= 0.3 is 0 Å². The van der Waals surface area contributed by atoms with E-state index in [0.717, 1.165) is 5.56 Å². The van der Waals surface area contributed by atoms with Crippen molar-refractivity contribution in [3.63, 3.8) is 0 Å². The molecule has 96 valence electrons. The Morgan fingerprint density at radius 1 is 1.06 bits per heavy atom. The SMILES string of the molecule is Cc1cc(CNc2cc(F)c(C)cc2F)c(C)s1. The first-order chi connectivity index (χ1) is 8.47. The summed E-state index contributed by atoms with van der Waals surface area (Å²) < 4.78 is 27.0. The van der Waals surface area contributed by atoms with Crippen molar-refractivity contribution in [3.8, 4) is 0 Å². The second kappa shape index (κ2) is 5.06. The molecule has 2 aromatic rings. The lowest BCUT2D eigenvalue weighted by Crippen LogP contribution is -2.02. The van der Waals surface area contributed by atoms with E-state index in [4.69, 9.17) is 0 Å². The van der Waals surface area contributed by atoms with E-state index in [-0.39, 0.29) is 5.69 Å². The summed E-state index contributed by atoms with van der Waals surface area (Å²) in [6.07, 6.45) is 0. The van der Waals surface area contributed by atoms with Gasteiger partial charge in [0.2, 0.25) is 0 Å². The zero-order valence-electron chi connectivity index (χ0n) is 10.6. The van der Waals surface area contributed by atoms with Crippen LogP contribution in [0, 0.1) is 32.4 Å². The summed E-state index contributed by atoms with van der Waals surface area (Å²) in [5, 5.41) is 2.94. The van der Waals surface area contributed by atoms with Crippen LogP contribution in [0.2, 0.25) is 0 Å². The zero-order chi connectivity index (χ0) is 13.3. The fourth-order valence-electron chi connectivity index (χ4n) is 1.83. The average Bonchev–Trinajstić information content (AvgIpc) is 2.61. The predicted molar refractivity (Wildman–Crippen MR) is 72.2 cm³/mol. The van der Waals surface area contributed by atoms with E-state index in [1.54, 1.807) is 18.3 Å². The van der Waals surface area contributed by atoms with Crippen molar-refractivity contribution < 1.29 is 8.78 Å². The van der Waals surface area contributed by atoms with Crippen LogP contribution in [0.5, 0.6) is 0 Å². The number of rotatable bonds is 3. The molecule has 0 radical (unpaired) electrons. The van der Waals surface area contributed by atoms with Crippen molar-refractivity contribution >= 4 is 17.0 Å². The molecule has 0 saturated carbocycles. The number of anilines is 1. The number of nitrogens with one attached hydrogen (secondary N) is 1. The molecule has 0 aliphatic heterocycles. The third kappa shape index (κ3) is 2.70. The van der Waals surface area contributed by atoms with Crippen LogP contribution in [0.4, 0.5) is 14.5 Å². The Balaban J connectivity index is 2.15. The molecule has 0 unspecified atom stereocenters. The van der Waals surface area contributed by atoms with Gasteiger partial charge < -0.3 is 5.32 Å². The molecular formula is C14H15F2NS. The largest absolute Gasteiger partial charge is 0.378 e. The van der Waals surface area contributed by atoms with E-state index in [9.17, 15) is 8.78 Å². The van der Waals surface area contributed by atoms with Crippen LogP contribution >= 0.6 is 11.3 Å². The quantitative estimate of drug-likeness (QED) is 0.859. The standard InChI is InChI=1S/C14H15F2NS/c1-8-4-13(16)14(6-12(8)15)17-7-11-5-9(2)18-10(11)3/h4-6,17H,7H2,1-3H3. The molecule has 0 aliphatic carbocycles. The summed E-state index contributed by atoms with van der Waals surface area (Å²) in [6, 6.07) is 4.48. The molecule has 1 N–H and O–H groups in total. The van der Waals surface area contributed by atoms with Crippen LogP contribution in [0.25, 0.3) is 0 Å². The first-order valence-electron chi connectivity index (χ1n) is 5.73. The van der Waals surface area contributed by atoms with Gasteiger partial charge in [0.15, 0.2) is 0 Å². The maximum atomic E-state index is 13.6. The molecule has 0 saturated heterocycles. The summed E-state index contributed by atoms with van der Waals surface area (Å²) in [5.41, 5.74) is 1.65. The molecule has 0 spiro atoms. The highest BCUT2D eigenvalue weighted by atomic mass is 32.1. The Bertz CT molecular complexity index is 575. The number of halogens is 2. The monoisotopic (exact) mass is 267 g/mol. The van der Waals surface area contributed by atoms with Crippen LogP contribution in [-0.2, 0) is 6.54 Å². The Hall–Kier alpha value is -1.42. The molecule has 0 atom stereocenters. The molecule has 0 fully saturated rings. The Morgan fingerprint density at radius 2 is 1.78 bits per heavy atom. The van der Waals surface area contributed by atoms with Gasteiger partial charge in [-0.25, -0.2) is 8.78 Å². The molecule has 2 rings (SSSR count). The topological polar surface area (TPSA) is 12.0 Å². The molecule has 1 heterocycles. The fourth-order valence-corrected chi connectivity index (χ4v) is 2.78. The third-order valence-electron chi connectivity index (χ3n) is 2.86. The van der Waals surface area contributed by atoms with Crippen molar-refractivity contribution in [2.75, 3.05) is 5.32 Å². The summed E-state index contributed by atoms with van der Waals surface area (Å²) >= 11 is 1.71. The summed E-state index contributed by atoms with van der Waals surface area (Å²) in [7, 11) is 0. The maximum Gasteiger partial charge on any atom is 0.146 e. The normalized spacial score (nSPS) is 10.7. The van der Waals surface area contributed by atoms with E-state index in [1.165, 1.54) is 21.9 Å². The summed E-state index contributed by atoms with van der Waals surface area (Å²) in [4.78, 5) is 2.42. The van der Waals surface area contributed by atoms with E-state index in [0.29, 0.717) is 12.1 Å². The van der Waals surface area contributed by atoms with Crippen LogP contribution in [0.15, 0.2) is 18.2 Å². The van der Waals surface area contributed by atoms with Crippen molar-refractivity contribution in [1.29, 1.82) is 0 Å². The van der Waals surface area contributed by atoms with Gasteiger partial charge in [0, 0.05) is 22.4 Å². The van der Waals surface area contributed by atoms with Crippen LogP contribution in [-0.4, -0.2) is 0 Å². The van der Waals surface area contributed by atoms with E-state index in [2.05, 4.69) is 11.4 Å². The molecular weight excluding hydrogens is 252 g/mol. The van der Waals surface area contributed by atoms with Crippen molar-refractivity contribution in [2.45, 2.75) is 27.3 Å². The molecule has 4 heteroatoms. The fraction of sp³-hybridized carbons (Fsp3) is 0.286. The van der Waals surface area contributed by atoms with Gasteiger partial charge in [0.1, 0.15) is 11.6 Å².